The number of nitrogens with one attached hydrogen (secondary N) is 4. The second-order valence-electron chi connectivity index (χ2n) is 13.7. The Hall–Kier alpha value is -5.01. The number of aliphatic hydroxyl groups is 1. The molecule has 51 heavy (non-hydrogen) atoms. The van der Waals surface area contributed by atoms with Gasteiger partial charge in [-0.05, 0) is 40.5 Å². The molecule has 4 atom stereocenters. The van der Waals surface area contributed by atoms with Gasteiger partial charge in [0.2, 0.25) is 5.91 Å². The number of methoxy groups -OCH3 is 2. The number of nitrogens with zero attached hydrogens (tertiary/aromatic N) is 2. The highest BCUT2D eigenvalue weighted by Crippen LogP contribution is 2.23. The van der Waals surface area contributed by atoms with Gasteiger partial charge in [-0.3, -0.25) is 20.0 Å². The normalized spacial score (nSPS) is 15.5. The third kappa shape index (κ3) is 12.7. The molecule has 0 radical (unpaired) electrons. The molecule has 0 spiro atoms. The van der Waals surface area contributed by atoms with E-state index in [2.05, 4.69) is 26.4 Å². The zero-order valence-corrected chi connectivity index (χ0v) is 30.1. The third-order valence-corrected chi connectivity index (χ3v) is 7.84. The summed E-state index contributed by atoms with van der Waals surface area (Å²) >= 11 is 0. The number of hydrazine groups is 1. The SMILES string of the molecule is [2H]C([2H])C(C)(C)[C@H](NC(=O)OC)C(=O)N[C@@H](Cc1ccccc1)[C@@H](O)CN(NC(=O)[C@@H](NC(=O)OC)C(C)(C)C)C([2H])([2H])c1ccc(-c2ccccn2)cc1. The summed E-state index contributed by atoms with van der Waals surface area (Å²) in [6.07, 6.45) is -1.81. The van der Waals surface area contributed by atoms with Crippen LogP contribution in [0.4, 0.5) is 9.59 Å². The Morgan fingerprint density at radius 2 is 1.39 bits per heavy atom. The van der Waals surface area contributed by atoms with Crippen molar-refractivity contribution in [2.24, 2.45) is 10.8 Å². The van der Waals surface area contributed by atoms with E-state index in [1.807, 2.05) is 6.07 Å². The van der Waals surface area contributed by atoms with E-state index in [0.29, 0.717) is 16.8 Å². The molecule has 0 saturated carbocycles. The van der Waals surface area contributed by atoms with Crippen LogP contribution in [0.15, 0.2) is 79.0 Å². The fraction of sp³-hybridized carbons (Fsp3) is 0.447. The number of pyridine rings is 1. The Morgan fingerprint density at radius 3 is 1.92 bits per heavy atom. The van der Waals surface area contributed by atoms with Crippen LogP contribution in [0.1, 0.15) is 58.1 Å². The Balaban J connectivity index is 2.08. The van der Waals surface area contributed by atoms with Crippen molar-refractivity contribution in [3.63, 3.8) is 0 Å². The molecule has 13 nitrogen and oxygen atoms in total. The molecule has 1 heterocycles. The van der Waals surface area contributed by atoms with E-state index < -0.39 is 79.0 Å². The molecule has 5 N–H and O–H groups in total. The number of hydrogen-bond donors (Lipinski definition) is 5. The first kappa shape index (κ1) is 34.4. The second-order valence-corrected chi connectivity index (χ2v) is 13.7. The fourth-order valence-corrected chi connectivity index (χ4v) is 5.07. The van der Waals surface area contributed by atoms with Gasteiger partial charge < -0.3 is 30.5 Å². The summed E-state index contributed by atoms with van der Waals surface area (Å²) in [4.78, 5) is 56.8. The topological polar surface area (TPSA) is 171 Å². The van der Waals surface area contributed by atoms with Crippen molar-refractivity contribution in [1.29, 1.82) is 0 Å². The first-order chi connectivity index (χ1) is 25.7. The number of rotatable bonds is 14. The van der Waals surface area contributed by atoms with Crippen molar-refractivity contribution < 1.29 is 39.2 Å². The van der Waals surface area contributed by atoms with Gasteiger partial charge in [0.05, 0.1) is 34.8 Å². The van der Waals surface area contributed by atoms with E-state index in [4.69, 9.17) is 12.2 Å². The van der Waals surface area contributed by atoms with Crippen molar-refractivity contribution in [2.45, 2.75) is 78.6 Å². The average Bonchev–Trinajstić information content (AvgIpc) is 3.15. The van der Waals surface area contributed by atoms with Gasteiger partial charge in [0, 0.05) is 27.5 Å². The molecule has 0 bridgehead atoms. The second kappa shape index (κ2) is 18.3. The molecule has 3 rings (SSSR count). The van der Waals surface area contributed by atoms with Crippen LogP contribution in [-0.4, -0.2) is 84.1 Å². The highest BCUT2D eigenvalue weighted by Gasteiger charge is 2.37. The number of hydrogen-bond acceptors (Lipinski definition) is 9. The van der Waals surface area contributed by atoms with Gasteiger partial charge in [-0.1, -0.05) is 102 Å². The summed E-state index contributed by atoms with van der Waals surface area (Å²) < 4.78 is 44.2. The van der Waals surface area contributed by atoms with E-state index >= 15 is 0 Å². The number of amides is 4. The van der Waals surface area contributed by atoms with Crippen LogP contribution in [0.25, 0.3) is 11.3 Å². The number of aliphatic hydroxyl groups excluding tert-OH is 1. The summed E-state index contributed by atoms with van der Waals surface area (Å²) in [5.41, 5.74) is 2.39. The molecule has 0 fully saturated rings. The van der Waals surface area contributed by atoms with E-state index in [1.54, 1.807) is 81.6 Å². The number of alkyl carbamates (subject to hydrolysis) is 2. The maximum Gasteiger partial charge on any atom is 0.407 e. The predicted molar refractivity (Wildman–Crippen MR) is 194 cm³/mol. The lowest BCUT2D eigenvalue weighted by molar-refractivity contribution is -0.132. The molecule has 0 unspecified atom stereocenters. The zero-order chi connectivity index (χ0) is 41.1. The van der Waals surface area contributed by atoms with Crippen LogP contribution >= 0.6 is 0 Å². The summed E-state index contributed by atoms with van der Waals surface area (Å²) in [7, 11) is 2.25. The minimum atomic E-state index is -2.51. The van der Waals surface area contributed by atoms with Crippen LogP contribution in [0.5, 0.6) is 0 Å². The van der Waals surface area contributed by atoms with Crippen molar-refractivity contribution in [3.8, 4) is 11.3 Å². The Labute approximate surface area is 306 Å². The number of benzene rings is 2. The Bertz CT molecular complexity index is 1730. The van der Waals surface area contributed by atoms with Crippen LogP contribution in [-0.2, 0) is 32.0 Å². The van der Waals surface area contributed by atoms with Crippen LogP contribution in [0.2, 0.25) is 0 Å². The molecule has 3 aromatic rings. The minimum absolute atomic E-state index is 0.0162. The Morgan fingerprint density at radius 1 is 0.804 bits per heavy atom. The molecule has 13 heteroatoms. The van der Waals surface area contributed by atoms with Crippen molar-refractivity contribution >= 4 is 24.0 Å². The summed E-state index contributed by atoms with van der Waals surface area (Å²) in [6.45, 7) is 3.32. The van der Waals surface area contributed by atoms with Crippen LogP contribution in [0, 0.1) is 10.8 Å². The highest BCUT2D eigenvalue weighted by atomic mass is 16.5. The molecular weight excluding hydrogens is 652 g/mol. The van der Waals surface area contributed by atoms with E-state index in [0.717, 1.165) is 19.2 Å². The van der Waals surface area contributed by atoms with Gasteiger partial charge in [-0.2, -0.15) is 0 Å². The molecule has 4 amide bonds. The lowest BCUT2D eigenvalue weighted by Crippen LogP contribution is -2.60. The number of ether oxygens (including phenoxy) is 2. The van der Waals surface area contributed by atoms with E-state index in [-0.39, 0.29) is 12.0 Å². The first-order valence-electron chi connectivity index (χ1n) is 18.5. The average molecular weight is 709 g/mol. The molecule has 0 aliphatic heterocycles. The Kier molecular flexibility index (Phi) is 12.4. The van der Waals surface area contributed by atoms with Crippen molar-refractivity contribution in [1.82, 2.24) is 31.4 Å². The zero-order valence-electron chi connectivity index (χ0n) is 34.1. The van der Waals surface area contributed by atoms with Crippen LogP contribution < -0.4 is 21.4 Å². The van der Waals surface area contributed by atoms with E-state index in [9.17, 15) is 27.0 Å². The minimum Gasteiger partial charge on any atom is -0.453 e. The molecule has 276 valence electrons. The fourth-order valence-electron chi connectivity index (χ4n) is 5.07. The van der Waals surface area contributed by atoms with Gasteiger partial charge in [0.25, 0.3) is 5.91 Å². The highest BCUT2D eigenvalue weighted by molar-refractivity contribution is 5.87. The van der Waals surface area contributed by atoms with Crippen LogP contribution in [0.3, 0.4) is 0 Å². The molecule has 0 saturated heterocycles. The maximum absolute atomic E-state index is 13.9. The first-order valence-corrected chi connectivity index (χ1v) is 16.4. The van der Waals surface area contributed by atoms with Gasteiger partial charge in [-0.25, -0.2) is 14.6 Å². The lowest BCUT2D eigenvalue weighted by Gasteiger charge is -2.35. The quantitative estimate of drug-likeness (QED) is 0.154. The number of carbonyl (C=O) groups is 4. The molecule has 0 aliphatic carbocycles. The predicted octanol–water partition coefficient (Wildman–Crippen LogP) is 4.21. The van der Waals surface area contributed by atoms with Gasteiger partial charge in [0.1, 0.15) is 12.1 Å². The molecule has 0 aliphatic rings. The number of aromatic nitrogens is 1. The van der Waals surface area contributed by atoms with Gasteiger partial charge in [-0.15, -0.1) is 0 Å². The summed E-state index contributed by atoms with van der Waals surface area (Å²) in [5.74, 6) is -1.65. The van der Waals surface area contributed by atoms with Crippen molar-refractivity contribution in [2.75, 3.05) is 20.8 Å². The van der Waals surface area contributed by atoms with E-state index in [1.165, 1.54) is 26.0 Å². The maximum atomic E-state index is 13.9. The number of carbonyl (C=O) groups excluding carboxylic acids is 4. The smallest absolute Gasteiger partial charge is 0.407 e. The third-order valence-electron chi connectivity index (χ3n) is 7.84. The van der Waals surface area contributed by atoms with Gasteiger partial charge >= 0.3 is 12.2 Å². The largest absolute Gasteiger partial charge is 0.453 e. The summed E-state index contributed by atoms with van der Waals surface area (Å²) in [6, 6.07) is 16.8. The molecule has 1 aromatic heterocycles. The monoisotopic (exact) mass is 708 g/mol. The molecule has 2 aromatic carbocycles. The summed E-state index contributed by atoms with van der Waals surface area (Å²) in [5, 5.41) is 20.5. The lowest BCUT2D eigenvalue weighted by atomic mass is 9.85. The molecular formula is C38H52N6O7. The standard InChI is InChI=1S/C38H52N6O7/c1-37(2,3)31(41-35(48)50-7)33(46)40-29(22-25-14-10-9-11-15-25)30(45)24-44(43-34(47)32(38(4,5)6)42-36(49)51-8)23-26-17-19-27(20-18-26)28-16-12-13-21-39-28/h9-21,29-32,45H,22-24H2,1-8H3,(H,40,46)(H,41,48)(H,42,49)(H,43,47)/t29-,30-,31+,32+/m0/s1/i1D2,23D2. The van der Waals surface area contributed by atoms with Gasteiger partial charge in [0.15, 0.2) is 0 Å². The van der Waals surface area contributed by atoms with Crippen molar-refractivity contribution in [3.05, 3.63) is 90.1 Å².